The highest BCUT2D eigenvalue weighted by Crippen LogP contribution is 2.65. The Morgan fingerprint density at radius 2 is 0.761 bits per heavy atom. The first-order valence-electron chi connectivity index (χ1n) is 14.1. The van der Waals surface area contributed by atoms with Crippen molar-refractivity contribution in [1.82, 2.24) is 0 Å². The molecule has 0 unspecified atom stereocenters. The van der Waals surface area contributed by atoms with Gasteiger partial charge in [0.05, 0.1) is 11.8 Å². The van der Waals surface area contributed by atoms with Crippen LogP contribution in [-0.4, -0.2) is 34.3 Å². The third-order valence-corrected chi connectivity index (χ3v) is 10.8. The summed E-state index contributed by atoms with van der Waals surface area (Å²) < 4.78 is 16.3. The molecular formula is C36H20Br4O6. The van der Waals surface area contributed by atoms with Crippen LogP contribution in [0.4, 0.5) is 0 Å². The number of benzene rings is 4. The van der Waals surface area contributed by atoms with Gasteiger partial charge < -0.3 is 9.47 Å². The summed E-state index contributed by atoms with van der Waals surface area (Å²) in [7, 11) is 0. The second kappa shape index (κ2) is 11.7. The summed E-state index contributed by atoms with van der Waals surface area (Å²) in [5, 5.41) is 0. The maximum absolute atomic E-state index is 14.5. The van der Waals surface area contributed by atoms with E-state index in [9.17, 15) is 19.2 Å². The Balaban J connectivity index is 1.42. The van der Waals surface area contributed by atoms with Gasteiger partial charge in [-0.15, -0.1) is 0 Å². The summed E-state index contributed by atoms with van der Waals surface area (Å²) in [6.45, 7) is 0. The van der Waals surface area contributed by atoms with Crippen molar-refractivity contribution in [2.75, 3.05) is 0 Å². The van der Waals surface area contributed by atoms with Gasteiger partial charge in [-0.25, -0.2) is 0 Å². The van der Waals surface area contributed by atoms with Crippen LogP contribution in [-0.2, 0) is 19.1 Å². The van der Waals surface area contributed by atoms with Gasteiger partial charge in [0, 0.05) is 52.3 Å². The molecular weight excluding hydrogens is 848 g/mol. The lowest BCUT2D eigenvalue weighted by atomic mass is 9.44. The first-order valence-corrected chi connectivity index (χ1v) is 17.2. The minimum Gasteiger partial charge on any atom is -0.473 e. The smallest absolute Gasteiger partial charge is 0.229 e. The fraction of sp³-hybridized carbons (Fsp3) is 0.111. The van der Waals surface area contributed by atoms with Gasteiger partial charge in [0.25, 0.3) is 0 Å². The number of hydrogen-bond acceptors (Lipinski definition) is 6. The lowest BCUT2D eigenvalue weighted by Gasteiger charge is -2.60. The van der Waals surface area contributed by atoms with Crippen LogP contribution in [0, 0.1) is 11.8 Å². The molecule has 0 aromatic heterocycles. The summed E-state index contributed by atoms with van der Waals surface area (Å²) >= 11 is 13.6. The van der Waals surface area contributed by atoms with E-state index in [4.69, 9.17) is 9.47 Å². The van der Waals surface area contributed by atoms with E-state index < -0.39 is 46.2 Å². The third kappa shape index (κ3) is 4.75. The van der Waals surface area contributed by atoms with Crippen molar-refractivity contribution in [2.45, 2.75) is 11.2 Å². The zero-order valence-electron chi connectivity index (χ0n) is 23.5. The number of ether oxygens (including phenoxy) is 2. The van der Waals surface area contributed by atoms with Gasteiger partial charge in [-0.3, -0.25) is 19.2 Å². The Morgan fingerprint density at radius 1 is 0.478 bits per heavy atom. The van der Waals surface area contributed by atoms with Crippen molar-refractivity contribution in [3.63, 3.8) is 0 Å². The maximum atomic E-state index is 14.5. The van der Waals surface area contributed by atoms with E-state index in [0.29, 0.717) is 11.1 Å². The van der Waals surface area contributed by atoms with E-state index in [0.717, 1.165) is 17.9 Å². The standard InChI is InChI=1S/C36H20Br4O6/c37-23-9-1-19(2-10-23)27-17-29(41)35(45-27)31(33(43)21-5-13-25(39)14-6-21)32(34(44)22-7-15-26(40)16-8-22)36(35)30(42)18-28(46-36)20-3-11-24(38)12-4-20/h1-18,31-32H/t31-,32+,35+,36-. The molecule has 1 fully saturated rings. The second-order valence-electron chi connectivity index (χ2n) is 11.1. The molecule has 4 atom stereocenters. The third-order valence-electron chi connectivity index (χ3n) is 8.64. The molecule has 2 spiro atoms. The van der Waals surface area contributed by atoms with Crippen LogP contribution in [0.15, 0.2) is 127 Å². The number of rotatable bonds is 6. The highest BCUT2D eigenvalue weighted by Gasteiger charge is 2.87. The van der Waals surface area contributed by atoms with Crippen LogP contribution < -0.4 is 0 Å². The quantitative estimate of drug-likeness (QED) is 0.180. The van der Waals surface area contributed by atoms with Gasteiger partial charge in [0.15, 0.2) is 11.6 Å². The summed E-state index contributed by atoms with van der Waals surface area (Å²) in [6.07, 6.45) is 2.59. The Labute approximate surface area is 297 Å². The zero-order valence-corrected chi connectivity index (χ0v) is 29.9. The van der Waals surface area contributed by atoms with Gasteiger partial charge >= 0.3 is 0 Å². The normalized spacial score (nSPS) is 24.7. The van der Waals surface area contributed by atoms with Gasteiger partial charge in [0.2, 0.25) is 22.8 Å². The zero-order chi connectivity index (χ0) is 32.4. The summed E-state index contributed by atoms with van der Waals surface area (Å²) in [5.41, 5.74) is -2.66. The molecule has 1 aliphatic carbocycles. The molecule has 1 saturated carbocycles. The van der Waals surface area contributed by atoms with Crippen molar-refractivity contribution < 1.29 is 28.7 Å². The molecule has 0 bridgehead atoms. The average Bonchev–Trinajstić information content (AvgIpc) is 3.60. The summed E-state index contributed by atoms with van der Waals surface area (Å²) in [5.74, 6) is -4.70. The Bertz CT molecular complexity index is 1850. The highest BCUT2D eigenvalue weighted by molar-refractivity contribution is 9.11. The van der Waals surface area contributed by atoms with Crippen molar-refractivity contribution in [3.05, 3.63) is 149 Å². The molecule has 228 valence electrons. The van der Waals surface area contributed by atoms with Crippen molar-refractivity contribution in [3.8, 4) is 0 Å². The van der Waals surface area contributed by atoms with Gasteiger partial charge in [-0.05, 0) is 48.5 Å². The number of carbonyl (C=O) groups excluding carboxylic acids is 4. The first kappa shape index (κ1) is 31.2. The molecule has 46 heavy (non-hydrogen) atoms. The van der Waals surface area contributed by atoms with Crippen LogP contribution >= 0.6 is 63.7 Å². The monoisotopic (exact) mass is 864 g/mol. The van der Waals surface area contributed by atoms with Crippen molar-refractivity contribution in [1.29, 1.82) is 0 Å². The predicted octanol–water partition coefficient (Wildman–Crippen LogP) is 8.81. The van der Waals surface area contributed by atoms with E-state index in [-0.39, 0.29) is 22.6 Å². The number of halogens is 4. The van der Waals surface area contributed by atoms with Crippen LogP contribution in [0.5, 0.6) is 0 Å². The largest absolute Gasteiger partial charge is 0.473 e. The van der Waals surface area contributed by atoms with Gasteiger partial charge in [-0.2, -0.15) is 0 Å². The first-order chi connectivity index (χ1) is 22.0. The van der Waals surface area contributed by atoms with Crippen molar-refractivity contribution in [2.24, 2.45) is 11.8 Å². The summed E-state index contributed by atoms with van der Waals surface area (Å²) in [6, 6.07) is 27.4. The maximum Gasteiger partial charge on any atom is 0.229 e. The van der Waals surface area contributed by atoms with Gasteiger partial charge in [0.1, 0.15) is 11.5 Å². The Hall–Kier alpha value is -3.44. The molecule has 0 N–H and O–H groups in total. The van der Waals surface area contributed by atoms with E-state index in [1.165, 1.54) is 12.2 Å². The SMILES string of the molecule is O=C(c1ccc(Br)cc1)[C@@H]1[C@H](C(=O)c2ccc(Br)cc2)[C@]2(OC(c3ccc(Br)cc3)=CC2=O)[C@]12OC(c1ccc(Br)cc1)=CC2=O. The average molecular weight is 868 g/mol. The minimum atomic E-state index is -2.15. The molecule has 0 saturated heterocycles. The van der Waals surface area contributed by atoms with E-state index in [2.05, 4.69) is 63.7 Å². The predicted molar refractivity (Wildman–Crippen MR) is 186 cm³/mol. The van der Waals surface area contributed by atoms with Crippen LogP contribution in [0.1, 0.15) is 31.8 Å². The number of Topliss-reactive ketones (excluding diaryl/α,β-unsaturated/α-hetero) is 2. The van der Waals surface area contributed by atoms with Crippen LogP contribution in [0.2, 0.25) is 0 Å². The fourth-order valence-corrected chi connectivity index (χ4v) is 7.57. The molecule has 10 heteroatoms. The molecule has 2 aliphatic heterocycles. The van der Waals surface area contributed by atoms with E-state index in [1.54, 1.807) is 97.1 Å². The number of hydrogen-bond donors (Lipinski definition) is 0. The molecule has 7 rings (SSSR count). The fourth-order valence-electron chi connectivity index (χ4n) is 6.52. The number of fused-ring (bicyclic) bond motifs is 1. The van der Waals surface area contributed by atoms with Gasteiger partial charge in [-0.1, -0.05) is 112 Å². The lowest BCUT2D eigenvalue weighted by molar-refractivity contribution is -0.233. The molecule has 4 aromatic rings. The Morgan fingerprint density at radius 3 is 1.07 bits per heavy atom. The molecule has 0 amide bonds. The minimum absolute atomic E-state index is 0.175. The molecule has 6 nitrogen and oxygen atoms in total. The van der Waals surface area contributed by atoms with E-state index >= 15 is 0 Å². The lowest BCUT2D eigenvalue weighted by Crippen LogP contribution is -2.83. The molecule has 3 aliphatic rings. The summed E-state index contributed by atoms with van der Waals surface area (Å²) in [4.78, 5) is 57.9. The highest BCUT2D eigenvalue weighted by atomic mass is 79.9. The molecule has 2 heterocycles. The van der Waals surface area contributed by atoms with E-state index in [1.807, 2.05) is 0 Å². The second-order valence-corrected chi connectivity index (χ2v) is 14.8. The number of carbonyl (C=O) groups is 4. The van der Waals surface area contributed by atoms with Crippen LogP contribution in [0.3, 0.4) is 0 Å². The van der Waals surface area contributed by atoms with Crippen LogP contribution in [0.25, 0.3) is 11.5 Å². The molecule has 0 radical (unpaired) electrons. The number of ketones is 4. The van der Waals surface area contributed by atoms with Crippen molar-refractivity contribution >= 4 is 98.4 Å². The Kier molecular flexibility index (Phi) is 7.91. The molecule has 4 aromatic carbocycles. The topological polar surface area (TPSA) is 86.7 Å².